The van der Waals surface area contributed by atoms with Crippen LogP contribution in [0.25, 0.3) is 5.69 Å². The van der Waals surface area contributed by atoms with Crippen molar-refractivity contribution >= 4 is 28.6 Å². The van der Waals surface area contributed by atoms with Crippen LogP contribution in [0.15, 0.2) is 77.5 Å². The van der Waals surface area contributed by atoms with E-state index < -0.39 is 0 Å². The van der Waals surface area contributed by atoms with Gasteiger partial charge in [-0.15, -0.1) is 0 Å². The Balaban J connectivity index is 1.45. The lowest BCUT2D eigenvalue weighted by Crippen LogP contribution is -2.27. The van der Waals surface area contributed by atoms with E-state index >= 15 is 0 Å². The fourth-order valence-corrected chi connectivity index (χ4v) is 4.28. The molecule has 0 saturated carbocycles. The van der Waals surface area contributed by atoms with E-state index in [9.17, 15) is 4.79 Å². The molecule has 0 unspecified atom stereocenters. The van der Waals surface area contributed by atoms with Crippen molar-refractivity contribution in [2.45, 2.75) is 26.8 Å². The largest absolute Gasteiger partial charge is 0.367 e. The van der Waals surface area contributed by atoms with E-state index in [0.29, 0.717) is 13.0 Å². The average molecular weight is 431 g/mol. The number of carbonyl (C=O) groups excluding carboxylic acids is 1. The van der Waals surface area contributed by atoms with E-state index in [1.54, 1.807) is 11.3 Å². The highest BCUT2D eigenvalue weighted by Crippen LogP contribution is 2.23. The Morgan fingerprint density at radius 2 is 1.74 bits per heavy atom. The quantitative estimate of drug-likeness (QED) is 0.397. The van der Waals surface area contributed by atoms with Crippen molar-refractivity contribution in [3.05, 3.63) is 94.4 Å². The molecule has 2 heterocycles. The minimum atomic E-state index is -0.00920. The van der Waals surface area contributed by atoms with Crippen LogP contribution in [0.5, 0.6) is 0 Å². The van der Waals surface area contributed by atoms with Gasteiger partial charge in [0.1, 0.15) is 0 Å². The van der Waals surface area contributed by atoms with E-state index in [1.165, 1.54) is 5.56 Å². The van der Waals surface area contributed by atoms with Crippen molar-refractivity contribution in [1.29, 1.82) is 0 Å². The molecule has 0 aliphatic heterocycles. The Kier molecular flexibility index (Phi) is 6.48. The summed E-state index contributed by atoms with van der Waals surface area (Å²) in [7, 11) is 0. The SMILES string of the molecule is Cc1nn(-c2ccccc2)c(C)c1NC(=O)CCN(Cc1ccsc1)c1ccccc1. The first-order chi connectivity index (χ1) is 15.1. The molecule has 1 N–H and O–H groups in total. The van der Waals surface area contributed by atoms with Crippen LogP contribution in [-0.2, 0) is 11.3 Å². The first-order valence-corrected chi connectivity index (χ1v) is 11.3. The first-order valence-electron chi connectivity index (χ1n) is 10.3. The zero-order chi connectivity index (χ0) is 21.6. The number of para-hydroxylation sites is 2. The van der Waals surface area contributed by atoms with Gasteiger partial charge < -0.3 is 10.2 Å². The maximum absolute atomic E-state index is 12.8. The molecule has 4 rings (SSSR count). The molecule has 31 heavy (non-hydrogen) atoms. The molecule has 2 aromatic heterocycles. The molecule has 0 spiro atoms. The molecule has 0 fully saturated rings. The molecule has 1 amide bonds. The van der Waals surface area contributed by atoms with Crippen LogP contribution in [0.3, 0.4) is 0 Å². The van der Waals surface area contributed by atoms with Gasteiger partial charge in [0.25, 0.3) is 0 Å². The number of aryl methyl sites for hydroxylation is 1. The summed E-state index contributed by atoms with van der Waals surface area (Å²) in [4.78, 5) is 15.1. The van der Waals surface area contributed by atoms with Crippen molar-refractivity contribution in [1.82, 2.24) is 9.78 Å². The number of rotatable bonds is 8. The van der Waals surface area contributed by atoms with Crippen molar-refractivity contribution in [2.24, 2.45) is 0 Å². The highest BCUT2D eigenvalue weighted by molar-refractivity contribution is 7.07. The lowest BCUT2D eigenvalue weighted by Gasteiger charge is -2.24. The number of nitrogens with one attached hydrogen (secondary N) is 1. The van der Waals surface area contributed by atoms with Gasteiger partial charge in [-0.2, -0.15) is 16.4 Å². The predicted octanol–water partition coefficient (Wildman–Crippen LogP) is 5.59. The molecule has 6 heteroatoms. The average Bonchev–Trinajstić information content (AvgIpc) is 3.41. The lowest BCUT2D eigenvalue weighted by molar-refractivity contribution is -0.116. The van der Waals surface area contributed by atoms with Crippen LogP contribution in [0.4, 0.5) is 11.4 Å². The Bertz CT molecular complexity index is 1120. The van der Waals surface area contributed by atoms with Crippen LogP contribution >= 0.6 is 11.3 Å². The van der Waals surface area contributed by atoms with Crippen LogP contribution in [0.1, 0.15) is 23.4 Å². The van der Waals surface area contributed by atoms with Gasteiger partial charge in [-0.25, -0.2) is 4.68 Å². The molecule has 0 bridgehead atoms. The second-order valence-corrected chi connectivity index (χ2v) is 8.26. The van der Waals surface area contributed by atoms with Gasteiger partial charge in [0.05, 0.1) is 22.8 Å². The van der Waals surface area contributed by atoms with E-state index in [1.807, 2.05) is 67.1 Å². The van der Waals surface area contributed by atoms with Crippen molar-refractivity contribution in [3.8, 4) is 5.69 Å². The van der Waals surface area contributed by atoms with Gasteiger partial charge in [-0.3, -0.25) is 4.79 Å². The van der Waals surface area contributed by atoms with E-state index in [0.717, 1.165) is 35.0 Å². The second kappa shape index (κ2) is 9.62. The summed E-state index contributed by atoms with van der Waals surface area (Å²) in [6.07, 6.45) is 0.397. The number of hydrogen-bond donors (Lipinski definition) is 1. The van der Waals surface area contributed by atoms with Gasteiger partial charge >= 0.3 is 0 Å². The molecular weight excluding hydrogens is 404 g/mol. The number of nitrogens with zero attached hydrogens (tertiary/aromatic N) is 3. The highest BCUT2D eigenvalue weighted by Gasteiger charge is 2.16. The van der Waals surface area contributed by atoms with E-state index in [4.69, 9.17) is 0 Å². The van der Waals surface area contributed by atoms with Gasteiger partial charge in [-0.05, 0) is 60.5 Å². The predicted molar refractivity (Wildman–Crippen MR) is 128 cm³/mol. The van der Waals surface area contributed by atoms with Gasteiger partial charge in [-0.1, -0.05) is 36.4 Å². The first kappa shape index (κ1) is 20.9. The molecule has 0 radical (unpaired) electrons. The molecule has 5 nitrogen and oxygen atoms in total. The monoisotopic (exact) mass is 430 g/mol. The smallest absolute Gasteiger partial charge is 0.226 e. The number of benzene rings is 2. The highest BCUT2D eigenvalue weighted by atomic mass is 32.1. The fraction of sp³-hybridized carbons (Fsp3) is 0.200. The topological polar surface area (TPSA) is 50.2 Å². The molecule has 2 aromatic carbocycles. The van der Waals surface area contributed by atoms with Crippen LogP contribution in [0, 0.1) is 13.8 Å². The Labute approximate surface area is 187 Å². The van der Waals surface area contributed by atoms with Crippen LogP contribution in [0.2, 0.25) is 0 Å². The molecule has 0 aliphatic carbocycles. The molecular formula is C25H26N4OS. The summed E-state index contributed by atoms with van der Waals surface area (Å²) in [6, 6.07) is 22.3. The van der Waals surface area contributed by atoms with Gasteiger partial charge in [0.2, 0.25) is 5.91 Å². The zero-order valence-corrected chi connectivity index (χ0v) is 18.6. The molecule has 0 aliphatic rings. The van der Waals surface area contributed by atoms with Crippen LogP contribution in [-0.4, -0.2) is 22.2 Å². The standard InChI is InChI=1S/C25H26N4OS/c1-19-25(20(2)29(27-19)23-11-7-4-8-12-23)26-24(30)13-15-28(17-21-14-16-31-18-21)22-9-5-3-6-10-22/h3-12,14,16,18H,13,15,17H2,1-2H3,(H,26,30). The van der Waals surface area contributed by atoms with Crippen molar-refractivity contribution in [2.75, 3.05) is 16.8 Å². The minimum Gasteiger partial charge on any atom is -0.367 e. The second-order valence-electron chi connectivity index (χ2n) is 7.48. The molecule has 158 valence electrons. The molecule has 4 aromatic rings. The number of anilines is 2. The normalized spacial score (nSPS) is 10.8. The van der Waals surface area contributed by atoms with E-state index in [2.05, 4.69) is 44.3 Å². The Morgan fingerprint density at radius 1 is 1.03 bits per heavy atom. The van der Waals surface area contributed by atoms with Crippen molar-refractivity contribution in [3.63, 3.8) is 0 Å². The number of hydrogen-bond acceptors (Lipinski definition) is 4. The summed E-state index contributed by atoms with van der Waals surface area (Å²) >= 11 is 1.69. The summed E-state index contributed by atoms with van der Waals surface area (Å²) in [5.41, 5.74) is 5.88. The lowest BCUT2D eigenvalue weighted by atomic mass is 10.2. The summed E-state index contributed by atoms with van der Waals surface area (Å²) in [5.74, 6) is -0.00920. The van der Waals surface area contributed by atoms with Gasteiger partial charge in [0.15, 0.2) is 0 Å². The third-order valence-corrected chi connectivity index (χ3v) is 5.97. The number of aromatic nitrogens is 2. The molecule has 0 atom stereocenters. The Morgan fingerprint density at radius 3 is 2.42 bits per heavy atom. The third kappa shape index (κ3) is 5.03. The van der Waals surface area contributed by atoms with E-state index in [-0.39, 0.29) is 5.91 Å². The number of carbonyl (C=O) groups is 1. The van der Waals surface area contributed by atoms with Crippen LogP contribution < -0.4 is 10.2 Å². The van der Waals surface area contributed by atoms with Gasteiger partial charge in [0, 0.05) is 25.2 Å². The number of thiophene rings is 1. The molecule has 0 saturated heterocycles. The summed E-state index contributed by atoms with van der Waals surface area (Å²) in [5, 5.41) is 11.9. The zero-order valence-electron chi connectivity index (χ0n) is 17.8. The third-order valence-electron chi connectivity index (χ3n) is 5.24. The number of amides is 1. The maximum Gasteiger partial charge on any atom is 0.226 e. The maximum atomic E-state index is 12.8. The van der Waals surface area contributed by atoms with Crippen molar-refractivity contribution < 1.29 is 4.79 Å². The Hall–Kier alpha value is -3.38. The fourth-order valence-electron chi connectivity index (χ4n) is 3.62. The summed E-state index contributed by atoms with van der Waals surface area (Å²) < 4.78 is 1.87. The summed E-state index contributed by atoms with van der Waals surface area (Å²) in [6.45, 7) is 5.33. The minimum absolute atomic E-state index is 0.00920.